The molecule has 0 aromatic rings. The topological polar surface area (TPSA) is 194 Å². The van der Waals surface area contributed by atoms with E-state index in [0.717, 1.165) is 0 Å². The van der Waals surface area contributed by atoms with Gasteiger partial charge in [0, 0.05) is 13.0 Å². The number of hydrogen-bond acceptors (Lipinski definition) is 5. The molecule has 0 aliphatic carbocycles. The zero-order valence-electron chi connectivity index (χ0n) is 11.5. The van der Waals surface area contributed by atoms with Crippen molar-refractivity contribution >= 4 is 23.8 Å². The van der Waals surface area contributed by atoms with Crippen LogP contribution in [-0.2, 0) is 14.4 Å². The lowest BCUT2D eigenvalue weighted by atomic mass is 10.2. The Morgan fingerprint density at radius 1 is 1.38 bits per heavy atom. The van der Waals surface area contributed by atoms with Crippen molar-refractivity contribution < 1.29 is 24.6 Å². The second kappa shape index (κ2) is 9.53. The Kier molecular flexibility index (Phi) is 8.46. The second-order valence-corrected chi connectivity index (χ2v) is 4.39. The Morgan fingerprint density at radius 3 is 2.33 bits per heavy atom. The molecule has 10 nitrogen and oxygen atoms in total. The van der Waals surface area contributed by atoms with Crippen molar-refractivity contribution in [1.82, 2.24) is 5.32 Å². The molecule has 1 rings (SSSR count). The second-order valence-electron chi connectivity index (χ2n) is 4.39. The molecule has 120 valence electrons. The predicted molar refractivity (Wildman–Crippen MR) is 74.3 cm³/mol. The summed E-state index contributed by atoms with van der Waals surface area (Å²) in [4.78, 5) is 34.4. The molecule has 1 saturated heterocycles. The number of carboxylic acids is 2. The molecule has 0 saturated carbocycles. The predicted octanol–water partition coefficient (Wildman–Crippen LogP) is -2.20. The number of aliphatic carboxylic acids is 2. The van der Waals surface area contributed by atoms with Crippen LogP contribution in [0.3, 0.4) is 0 Å². The third-order valence-electron chi connectivity index (χ3n) is 2.58. The van der Waals surface area contributed by atoms with Gasteiger partial charge in [-0.25, -0.2) is 4.79 Å². The summed E-state index contributed by atoms with van der Waals surface area (Å²) in [5.41, 5.74) is 15.3. The molecule has 1 heterocycles. The van der Waals surface area contributed by atoms with Gasteiger partial charge in [0.2, 0.25) is 5.91 Å². The van der Waals surface area contributed by atoms with Crippen LogP contribution in [0.25, 0.3) is 0 Å². The zero-order valence-corrected chi connectivity index (χ0v) is 11.5. The third-order valence-corrected chi connectivity index (χ3v) is 2.58. The van der Waals surface area contributed by atoms with Gasteiger partial charge in [0.05, 0.1) is 0 Å². The Hall–Kier alpha value is -2.36. The number of rotatable bonds is 6. The maximum Gasteiger partial charge on any atom is 0.326 e. The molecule has 0 spiro atoms. The largest absolute Gasteiger partial charge is 0.480 e. The maximum absolute atomic E-state index is 10.4. The Labute approximate surface area is 121 Å². The number of carbonyl (C=O) groups is 3. The van der Waals surface area contributed by atoms with Gasteiger partial charge in [-0.1, -0.05) is 0 Å². The van der Waals surface area contributed by atoms with Crippen molar-refractivity contribution in [3.63, 3.8) is 0 Å². The first-order valence-electron chi connectivity index (χ1n) is 6.30. The Bertz CT molecular complexity index is 408. The van der Waals surface area contributed by atoms with Crippen LogP contribution in [0.5, 0.6) is 0 Å². The third kappa shape index (κ3) is 9.21. The summed E-state index contributed by atoms with van der Waals surface area (Å²) >= 11 is 0. The number of aliphatic imine (C=N–C) groups is 1. The van der Waals surface area contributed by atoms with Crippen molar-refractivity contribution in [2.45, 2.75) is 37.8 Å². The average Bonchev–Trinajstić information content (AvgIpc) is 2.81. The summed E-state index contributed by atoms with van der Waals surface area (Å²) in [7, 11) is 0. The monoisotopic (exact) mass is 303 g/mol. The van der Waals surface area contributed by atoms with Crippen molar-refractivity contribution in [3.8, 4) is 0 Å². The van der Waals surface area contributed by atoms with Gasteiger partial charge in [-0.15, -0.1) is 0 Å². The van der Waals surface area contributed by atoms with Crippen molar-refractivity contribution in [2.75, 3.05) is 6.54 Å². The standard InChI is InChI=1S/C6H14N4O2.C5H7NO3/c7-4(5(11)12)2-1-3-10-6(8)9;7-4-2-1-3(6-4)5(8)9/h4H,1-3,7H2,(H,11,12)(H4,8,9,10);3H,1-2H2,(H,6,7)(H,8,9)/t4-;/m0./s1. The summed E-state index contributed by atoms with van der Waals surface area (Å²) in [5, 5.41) is 19.0. The molecule has 21 heavy (non-hydrogen) atoms. The van der Waals surface area contributed by atoms with E-state index in [4.69, 9.17) is 27.4 Å². The molecular weight excluding hydrogens is 282 g/mol. The quantitative estimate of drug-likeness (QED) is 0.180. The van der Waals surface area contributed by atoms with Gasteiger partial charge in [-0.3, -0.25) is 14.6 Å². The maximum atomic E-state index is 10.4. The fourth-order valence-corrected chi connectivity index (χ4v) is 1.44. The molecule has 1 aliphatic heterocycles. The molecular formula is C11H21N5O5. The summed E-state index contributed by atoms with van der Waals surface area (Å²) < 4.78 is 0. The molecule has 10 heteroatoms. The minimum atomic E-state index is -1.00. The minimum Gasteiger partial charge on any atom is -0.480 e. The lowest BCUT2D eigenvalue weighted by Crippen LogP contribution is -2.32. The first-order chi connectivity index (χ1) is 9.73. The molecule has 2 atom stereocenters. The SMILES string of the molecule is NC(N)=NCCC[C@H](N)C(=O)O.O=C1CCC(C(=O)O)N1. The first kappa shape index (κ1) is 18.6. The molecule has 1 unspecified atom stereocenters. The fraction of sp³-hybridized carbons (Fsp3) is 0.636. The van der Waals surface area contributed by atoms with Crippen LogP contribution in [0.4, 0.5) is 0 Å². The number of carboxylic acid groups (broad SMARTS) is 2. The number of guanidine groups is 1. The molecule has 0 radical (unpaired) electrons. The molecule has 1 amide bonds. The van der Waals surface area contributed by atoms with Crippen molar-refractivity contribution in [1.29, 1.82) is 0 Å². The van der Waals surface area contributed by atoms with E-state index in [1.807, 2.05) is 0 Å². The summed E-state index contributed by atoms with van der Waals surface area (Å²) in [6.45, 7) is 0.420. The van der Waals surface area contributed by atoms with E-state index >= 15 is 0 Å². The molecule has 1 aliphatic rings. The van der Waals surface area contributed by atoms with Gasteiger partial charge in [-0.2, -0.15) is 0 Å². The van der Waals surface area contributed by atoms with Crippen LogP contribution in [0, 0.1) is 0 Å². The van der Waals surface area contributed by atoms with Gasteiger partial charge in [-0.05, 0) is 19.3 Å². The first-order valence-corrected chi connectivity index (χ1v) is 6.30. The van der Waals surface area contributed by atoms with E-state index < -0.39 is 24.0 Å². The number of amides is 1. The summed E-state index contributed by atoms with van der Waals surface area (Å²) in [5.74, 6) is -2.10. The molecule has 0 aromatic carbocycles. The lowest BCUT2D eigenvalue weighted by Gasteiger charge is -2.03. The molecule has 0 aromatic heterocycles. The number of hydrogen-bond donors (Lipinski definition) is 6. The number of nitrogens with one attached hydrogen (secondary N) is 1. The van der Waals surface area contributed by atoms with Gasteiger partial charge in [0.25, 0.3) is 0 Å². The molecule has 0 bridgehead atoms. The van der Waals surface area contributed by atoms with E-state index in [9.17, 15) is 14.4 Å². The van der Waals surface area contributed by atoms with Gasteiger partial charge in [0.1, 0.15) is 12.1 Å². The Morgan fingerprint density at radius 2 is 2.00 bits per heavy atom. The number of carbonyl (C=O) groups excluding carboxylic acids is 1. The molecule has 9 N–H and O–H groups in total. The van der Waals surface area contributed by atoms with Crippen LogP contribution in [0.15, 0.2) is 4.99 Å². The van der Waals surface area contributed by atoms with E-state index in [1.165, 1.54) is 0 Å². The van der Waals surface area contributed by atoms with E-state index in [1.54, 1.807) is 0 Å². The zero-order chi connectivity index (χ0) is 16.4. The highest BCUT2D eigenvalue weighted by molar-refractivity contribution is 5.87. The van der Waals surface area contributed by atoms with Crippen LogP contribution < -0.4 is 22.5 Å². The number of nitrogens with two attached hydrogens (primary N) is 3. The Balaban J connectivity index is 0.000000394. The van der Waals surface area contributed by atoms with Crippen LogP contribution >= 0.6 is 0 Å². The van der Waals surface area contributed by atoms with Gasteiger partial charge >= 0.3 is 11.9 Å². The highest BCUT2D eigenvalue weighted by Crippen LogP contribution is 2.05. The minimum absolute atomic E-state index is 0.0129. The normalized spacial score (nSPS) is 18.0. The average molecular weight is 303 g/mol. The van der Waals surface area contributed by atoms with Crippen molar-refractivity contribution in [2.24, 2.45) is 22.2 Å². The van der Waals surface area contributed by atoms with E-state index in [0.29, 0.717) is 32.2 Å². The summed E-state index contributed by atoms with van der Waals surface area (Å²) in [6, 6.07) is -1.46. The van der Waals surface area contributed by atoms with Crippen LogP contribution in [0.2, 0.25) is 0 Å². The smallest absolute Gasteiger partial charge is 0.326 e. The van der Waals surface area contributed by atoms with Crippen LogP contribution in [-0.4, -0.2) is 52.6 Å². The van der Waals surface area contributed by atoms with E-state index in [-0.39, 0.29) is 11.9 Å². The van der Waals surface area contributed by atoms with Gasteiger partial charge < -0.3 is 32.7 Å². The number of nitrogens with zero attached hydrogens (tertiary/aromatic N) is 1. The van der Waals surface area contributed by atoms with E-state index in [2.05, 4.69) is 10.3 Å². The molecule has 1 fully saturated rings. The highest BCUT2D eigenvalue weighted by atomic mass is 16.4. The van der Waals surface area contributed by atoms with Gasteiger partial charge in [0.15, 0.2) is 5.96 Å². The summed E-state index contributed by atoms with van der Waals surface area (Å²) in [6.07, 6.45) is 1.72. The lowest BCUT2D eigenvalue weighted by molar-refractivity contribution is -0.140. The highest BCUT2D eigenvalue weighted by Gasteiger charge is 2.26. The van der Waals surface area contributed by atoms with Crippen LogP contribution in [0.1, 0.15) is 25.7 Å². The van der Waals surface area contributed by atoms with Crippen molar-refractivity contribution in [3.05, 3.63) is 0 Å². The fourth-order valence-electron chi connectivity index (χ4n) is 1.44.